The van der Waals surface area contributed by atoms with Crippen LogP contribution in [-0.2, 0) is 11.8 Å². The molecule has 1 amide bonds. The number of carbonyl (C=O) groups is 1. The molecule has 1 fully saturated rings. The molecule has 1 unspecified atom stereocenters. The van der Waals surface area contributed by atoms with Crippen molar-refractivity contribution in [3.05, 3.63) is 84.7 Å². The standard InChI is InChI=1S/C24H21N3O/c1-26-22-14-8-6-12-20(22)25-24(26)18-15-23(28)27(16-18)21-13-7-5-11-19(21)17-9-3-2-4-10-17/h2-14,18H,15-16H2,1H3. The van der Waals surface area contributed by atoms with Crippen molar-refractivity contribution in [2.45, 2.75) is 12.3 Å². The third-order valence-electron chi connectivity index (χ3n) is 5.59. The summed E-state index contributed by atoms with van der Waals surface area (Å²) >= 11 is 0. The molecule has 4 aromatic rings. The zero-order valence-electron chi connectivity index (χ0n) is 15.7. The minimum absolute atomic E-state index is 0.0914. The van der Waals surface area contributed by atoms with Crippen LogP contribution in [0, 0.1) is 0 Å². The molecule has 1 aliphatic heterocycles. The Morgan fingerprint density at radius 3 is 2.43 bits per heavy atom. The van der Waals surface area contributed by atoms with E-state index in [0.717, 1.165) is 33.7 Å². The fourth-order valence-electron chi connectivity index (χ4n) is 4.21. The van der Waals surface area contributed by atoms with Gasteiger partial charge in [-0.2, -0.15) is 0 Å². The van der Waals surface area contributed by atoms with Gasteiger partial charge in [-0.3, -0.25) is 4.79 Å². The summed E-state index contributed by atoms with van der Waals surface area (Å²) in [6.45, 7) is 0.653. The van der Waals surface area contributed by atoms with Crippen LogP contribution in [0.15, 0.2) is 78.9 Å². The Kier molecular flexibility index (Phi) is 3.97. The smallest absolute Gasteiger partial charge is 0.227 e. The van der Waals surface area contributed by atoms with Crippen molar-refractivity contribution in [2.24, 2.45) is 7.05 Å². The van der Waals surface area contributed by atoms with Crippen molar-refractivity contribution in [3.8, 4) is 11.1 Å². The first-order valence-corrected chi connectivity index (χ1v) is 9.58. The molecule has 1 aromatic heterocycles. The number of anilines is 1. The zero-order valence-corrected chi connectivity index (χ0v) is 15.7. The van der Waals surface area contributed by atoms with Crippen molar-refractivity contribution in [2.75, 3.05) is 11.4 Å². The normalized spacial score (nSPS) is 16.8. The molecule has 4 nitrogen and oxygen atoms in total. The van der Waals surface area contributed by atoms with Crippen LogP contribution >= 0.6 is 0 Å². The molecule has 0 bridgehead atoms. The van der Waals surface area contributed by atoms with Crippen molar-refractivity contribution in [1.29, 1.82) is 0 Å². The van der Waals surface area contributed by atoms with Crippen molar-refractivity contribution >= 4 is 22.6 Å². The van der Waals surface area contributed by atoms with Gasteiger partial charge in [0.25, 0.3) is 0 Å². The minimum atomic E-state index is 0.0914. The summed E-state index contributed by atoms with van der Waals surface area (Å²) in [5.41, 5.74) is 5.27. The topological polar surface area (TPSA) is 38.1 Å². The van der Waals surface area contributed by atoms with Crippen LogP contribution in [0.3, 0.4) is 0 Å². The van der Waals surface area contributed by atoms with Crippen molar-refractivity contribution < 1.29 is 4.79 Å². The lowest BCUT2D eigenvalue weighted by Gasteiger charge is -2.20. The minimum Gasteiger partial charge on any atom is -0.331 e. The second kappa shape index (κ2) is 6.64. The SMILES string of the molecule is Cn1c(C2CC(=O)N(c3ccccc3-c3ccccc3)C2)nc2ccccc21. The number of aromatic nitrogens is 2. The van der Waals surface area contributed by atoms with E-state index in [9.17, 15) is 4.79 Å². The van der Waals surface area contributed by atoms with Crippen LogP contribution in [0.5, 0.6) is 0 Å². The van der Waals surface area contributed by atoms with Crippen LogP contribution in [0.25, 0.3) is 22.2 Å². The monoisotopic (exact) mass is 367 g/mol. The average Bonchev–Trinajstić information content (AvgIpc) is 3.29. The van der Waals surface area contributed by atoms with E-state index in [0.29, 0.717) is 13.0 Å². The van der Waals surface area contributed by atoms with E-state index in [1.807, 2.05) is 66.5 Å². The molecule has 0 saturated carbocycles. The summed E-state index contributed by atoms with van der Waals surface area (Å²) in [6, 6.07) is 26.5. The fraction of sp³-hybridized carbons (Fsp3) is 0.167. The Morgan fingerprint density at radius 2 is 1.61 bits per heavy atom. The molecular formula is C24H21N3O. The number of hydrogen-bond donors (Lipinski definition) is 0. The van der Waals surface area contributed by atoms with Gasteiger partial charge < -0.3 is 9.47 Å². The average molecular weight is 367 g/mol. The number of imidazole rings is 1. The number of rotatable bonds is 3. The van der Waals surface area contributed by atoms with E-state index < -0.39 is 0 Å². The van der Waals surface area contributed by atoms with E-state index in [4.69, 9.17) is 4.98 Å². The Morgan fingerprint density at radius 1 is 0.893 bits per heavy atom. The summed E-state index contributed by atoms with van der Waals surface area (Å²) in [6.07, 6.45) is 0.486. The van der Waals surface area contributed by atoms with Gasteiger partial charge in [0.2, 0.25) is 5.91 Å². The number of fused-ring (bicyclic) bond motifs is 1. The number of nitrogens with zero attached hydrogens (tertiary/aromatic N) is 3. The quantitative estimate of drug-likeness (QED) is 0.524. The molecule has 0 spiro atoms. The van der Waals surface area contributed by atoms with Crippen LogP contribution in [0.1, 0.15) is 18.2 Å². The summed E-state index contributed by atoms with van der Waals surface area (Å²) in [5.74, 6) is 1.23. The van der Waals surface area contributed by atoms with Gasteiger partial charge in [0.15, 0.2) is 0 Å². The molecule has 1 atom stereocenters. The predicted molar refractivity (Wildman–Crippen MR) is 112 cm³/mol. The van der Waals surface area contributed by atoms with Crippen molar-refractivity contribution in [3.63, 3.8) is 0 Å². The highest BCUT2D eigenvalue weighted by molar-refractivity contribution is 6.00. The Labute approximate surface area is 164 Å². The number of carbonyl (C=O) groups excluding carboxylic acids is 1. The highest BCUT2D eigenvalue weighted by Crippen LogP contribution is 2.37. The maximum absolute atomic E-state index is 13.0. The Bertz CT molecular complexity index is 1160. The third kappa shape index (κ3) is 2.69. The fourth-order valence-corrected chi connectivity index (χ4v) is 4.21. The maximum Gasteiger partial charge on any atom is 0.227 e. The lowest BCUT2D eigenvalue weighted by atomic mass is 10.0. The molecular weight excluding hydrogens is 346 g/mol. The third-order valence-corrected chi connectivity index (χ3v) is 5.59. The molecule has 0 radical (unpaired) electrons. The molecule has 138 valence electrons. The van der Waals surface area contributed by atoms with E-state index >= 15 is 0 Å². The summed E-state index contributed by atoms with van der Waals surface area (Å²) in [5, 5.41) is 0. The molecule has 28 heavy (non-hydrogen) atoms. The number of benzene rings is 3. The van der Waals surface area contributed by atoms with Gasteiger partial charge in [-0.15, -0.1) is 0 Å². The highest BCUT2D eigenvalue weighted by Gasteiger charge is 2.35. The summed E-state index contributed by atoms with van der Waals surface area (Å²) in [4.78, 5) is 19.7. The summed E-state index contributed by atoms with van der Waals surface area (Å²) in [7, 11) is 2.04. The largest absolute Gasteiger partial charge is 0.331 e. The van der Waals surface area contributed by atoms with Crippen LogP contribution in [-0.4, -0.2) is 22.0 Å². The van der Waals surface area contributed by atoms with Gasteiger partial charge in [-0.05, 0) is 23.8 Å². The van der Waals surface area contributed by atoms with Gasteiger partial charge in [0.05, 0.1) is 16.7 Å². The van der Waals surface area contributed by atoms with Crippen LogP contribution < -0.4 is 4.90 Å². The predicted octanol–water partition coefficient (Wildman–Crippen LogP) is 4.76. The number of aryl methyl sites for hydroxylation is 1. The first-order valence-electron chi connectivity index (χ1n) is 9.58. The van der Waals surface area contributed by atoms with Crippen LogP contribution in [0.4, 0.5) is 5.69 Å². The van der Waals surface area contributed by atoms with Crippen LogP contribution in [0.2, 0.25) is 0 Å². The molecule has 2 heterocycles. The Balaban J connectivity index is 1.52. The van der Waals surface area contributed by atoms with Gasteiger partial charge in [-0.1, -0.05) is 60.7 Å². The Hall–Kier alpha value is -3.40. The molecule has 5 rings (SSSR count). The molecule has 4 heteroatoms. The first kappa shape index (κ1) is 16.8. The number of para-hydroxylation sites is 3. The lowest BCUT2D eigenvalue weighted by molar-refractivity contribution is -0.117. The van der Waals surface area contributed by atoms with Gasteiger partial charge in [0.1, 0.15) is 5.82 Å². The molecule has 1 saturated heterocycles. The number of amides is 1. The molecule has 0 aliphatic carbocycles. The first-order chi connectivity index (χ1) is 13.7. The second-order valence-corrected chi connectivity index (χ2v) is 7.31. The maximum atomic E-state index is 13.0. The van der Waals surface area contributed by atoms with E-state index in [1.165, 1.54) is 0 Å². The molecule has 0 N–H and O–H groups in total. The lowest BCUT2D eigenvalue weighted by Crippen LogP contribution is -2.25. The van der Waals surface area contributed by atoms with Gasteiger partial charge in [0, 0.05) is 31.5 Å². The molecule has 1 aliphatic rings. The van der Waals surface area contributed by atoms with E-state index in [1.54, 1.807) is 0 Å². The van der Waals surface area contributed by atoms with Crippen molar-refractivity contribution in [1.82, 2.24) is 9.55 Å². The molecule has 3 aromatic carbocycles. The van der Waals surface area contributed by atoms with Gasteiger partial charge in [-0.25, -0.2) is 4.98 Å². The highest BCUT2D eigenvalue weighted by atomic mass is 16.2. The second-order valence-electron chi connectivity index (χ2n) is 7.31. The summed E-state index contributed by atoms with van der Waals surface area (Å²) < 4.78 is 2.12. The van der Waals surface area contributed by atoms with E-state index in [-0.39, 0.29) is 11.8 Å². The van der Waals surface area contributed by atoms with Gasteiger partial charge >= 0.3 is 0 Å². The van der Waals surface area contributed by atoms with E-state index in [2.05, 4.69) is 28.8 Å². The number of hydrogen-bond acceptors (Lipinski definition) is 2. The zero-order chi connectivity index (χ0) is 19.1.